The summed E-state index contributed by atoms with van der Waals surface area (Å²) < 4.78 is 10.5. The third kappa shape index (κ3) is 2.75. The lowest BCUT2D eigenvalue weighted by Crippen LogP contribution is -2.32. The zero-order valence-electron chi connectivity index (χ0n) is 15.8. The number of hydrogen-bond acceptors (Lipinski definition) is 5. The maximum absolute atomic E-state index is 12.9. The first kappa shape index (κ1) is 17.7. The number of anilines is 1. The molecule has 0 aromatic heterocycles. The third-order valence-electron chi connectivity index (χ3n) is 6.08. The van der Waals surface area contributed by atoms with Crippen LogP contribution >= 0.6 is 0 Å². The van der Waals surface area contributed by atoms with Crippen LogP contribution in [0.3, 0.4) is 0 Å². The van der Waals surface area contributed by atoms with Gasteiger partial charge in [-0.05, 0) is 60.7 Å². The number of imide groups is 1. The number of rotatable bonds is 4. The molecule has 1 heterocycles. The van der Waals surface area contributed by atoms with Crippen LogP contribution in [0.2, 0.25) is 0 Å². The zero-order valence-corrected chi connectivity index (χ0v) is 15.8. The lowest BCUT2D eigenvalue weighted by atomic mass is 9.85. The van der Waals surface area contributed by atoms with Crippen molar-refractivity contribution in [2.75, 3.05) is 12.0 Å². The highest BCUT2D eigenvalue weighted by Gasteiger charge is 2.59. The van der Waals surface area contributed by atoms with Crippen molar-refractivity contribution in [3.63, 3.8) is 0 Å². The van der Waals surface area contributed by atoms with Gasteiger partial charge < -0.3 is 9.47 Å². The van der Waals surface area contributed by atoms with Gasteiger partial charge in [-0.1, -0.05) is 18.2 Å². The largest absolute Gasteiger partial charge is 0.497 e. The lowest BCUT2D eigenvalue weighted by molar-refractivity contribution is -0.123. The molecule has 0 spiro atoms. The SMILES string of the molecule is COc1cccc(C(=O)Oc2ccc(N3C(=O)[C@@H]4[C@@H](C3=O)[C@H]3C=C[C@H]4C3)cc2)c1. The summed E-state index contributed by atoms with van der Waals surface area (Å²) in [4.78, 5) is 39.4. The van der Waals surface area contributed by atoms with E-state index >= 15 is 0 Å². The highest BCUT2D eigenvalue weighted by atomic mass is 16.5. The van der Waals surface area contributed by atoms with Crippen molar-refractivity contribution in [2.24, 2.45) is 23.7 Å². The molecule has 2 fully saturated rings. The summed E-state index contributed by atoms with van der Waals surface area (Å²) in [5.74, 6) is 0.0192. The number of carbonyl (C=O) groups excluding carboxylic acids is 3. The minimum absolute atomic E-state index is 0.127. The molecule has 0 N–H and O–H groups in total. The smallest absolute Gasteiger partial charge is 0.343 e. The normalized spacial score (nSPS) is 26.7. The molecule has 6 heteroatoms. The van der Waals surface area contributed by atoms with Crippen LogP contribution in [0, 0.1) is 23.7 Å². The third-order valence-corrected chi connectivity index (χ3v) is 6.08. The molecule has 2 bridgehead atoms. The molecule has 2 aromatic rings. The zero-order chi connectivity index (χ0) is 20.1. The number of ether oxygens (including phenoxy) is 2. The first-order valence-electron chi connectivity index (χ1n) is 9.59. The fourth-order valence-electron chi connectivity index (χ4n) is 4.74. The Hall–Kier alpha value is -3.41. The van der Waals surface area contributed by atoms with Gasteiger partial charge >= 0.3 is 5.97 Å². The Balaban J connectivity index is 1.32. The highest BCUT2D eigenvalue weighted by molar-refractivity contribution is 6.22. The Kier molecular flexibility index (Phi) is 4.01. The Morgan fingerprint density at radius 1 is 0.931 bits per heavy atom. The number of carbonyl (C=O) groups is 3. The second-order valence-corrected chi connectivity index (χ2v) is 7.63. The number of amides is 2. The minimum atomic E-state index is -0.512. The molecule has 2 aromatic carbocycles. The van der Waals surface area contributed by atoms with Gasteiger partial charge in [0.2, 0.25) is 11.8 Å². The minimum Gasteiger partial charge on any atom is -0.497 e. The number of methoxy groups -OCH3 is 1. The van der Waals surface area contributed by atoms with Crippen molar-refractivity contribution in [3.8, 4) is 11.5 Å². The molecule has 1 saturated heterocycles. The molecular weight excluding hydrogens is 370 g/mol. The summed E-state index contributed by atoms with van der Waals surface area (Å²) in [5.41, 5.74) is 0.879. The molecule has 6 nitrogen and oxygen atoms in total. The average molecular weight is 389 g/mol. The van der Waals surface area contributed by atoms with E-state index in [1.807, 2.05) is 0 Å². The van der Waals surface area contributed by atoms with Gasteiger partial charge in [0.05, 0.1) is 30.2 Å². The van der Waals surface area contributed by atoms with Crippen LogP contribution in [0.1, 0.15) is 16.8 Å². The fourth-order valence-corrected chi connectivity index (χ4v) is 4.74. The van der Waals surface area contributed by atoms with Crippen LogP contribution in [0.25, 0.3) is 0 Å². The lowest BCUT2D eigenvalue weighted by Gasteiger charge is -2.17. The van der Waals surface area contributed by atoms with Crippen LogP contribution in [-0.2, 0) is 9.59 Å². The first-order chi connectivity index (χ1) is 14.1. The summed E-state index contributed by atoms with van der Waals surface area (Å²) in [5, 5.41) is 0. The van der Waals surface area contributed by atoms with Crippen molar-refractivity contribution < 1.29 is 23.9 Å². The van der Waals surface area contributed by atoms with Gasteiger partial charge in [-0.25, -0.2) is 4.79 Å². The van der Waals surface area contributed by atoms with Gasteiger partial charge in [0, 0.05) is 0 Å². The number of esters is 1. The first-order valence-corrected chi connectivity index (χ1v) is 9.59. The molecule has 146 valence electrons. The molecule has 5 rings (SSSR count). The Morgan fingerprint density at radius 3 is 2.21 bits per heavy atom. The van der Waals surface area contributed by atoms with E-state index in [4.69, 9.17) is 9.47 Å². The molecule has 1 aliphatic heterocycles. The van der Waals surface area contributed by atoms with Gasteiger partial charge in [-0.15, -0.1) is 0 Å². The Bertz CT molecular complexity index is 1010. The summed E-state index contributed by atoms with van der Waals surface area (Å²) in [6.45, 7) is 0. The van der Waals surface area contributed by atoms with Crippen LogP contribution in [-0.4, -0.2) is 24.9 Å². The number of benzene rings is 2. The average Bonchev–Trinajstić information content (AvgIpc) is 3.43. The van der Waals surface area contributed by atoms with Crippen molar-refractivity contribution >= 4 is 23.5 Å². The van der Waals surface area contributed by atoms with Crippen molar-refractivity contribution in [1.82, 2.24) is 0 Å². The van der Waals surface area contributed by atoms with E-state index in [1.54, 1.807) is 48.5 Å². The van der Waals surface area contributed by atoms with Gasteiger partial charge in [-0.3, -0.25) is 14.5 Å². The van der Waals surface area contributed by atoms with Gasteiger partial charge in [0.15, 0.2) is 0 Å². The van der Waals surface area contributed by atoms with Crippen LogP contribution in [0.5, 0.6) is 11.5 Å². The maximum atomic E-state index is 12.9. The quantitative estimate of drug-likeness (QED) is 0.347. The number of allylic oxidation sites excluding steroid dienone is 2. The van der Waals surface area contributed by atoms with Crippen LogP contribution in [0.15, 0.2) is 60.7 Å². The topological polar surface area (TPSA) is 72.9 Å². The van der Waals surface area contributed by atoms with Crippen molar-refractivity contribution in [3.05, 3.63) is 66.2 Å². The molecule has 29 heavy (non-hydrogen) atoms. The van der Waals surface area contributed by atoms with E-state index < -0.39 is 5.97 Å². The molecule has 0 unspecified atom stereocenters. The fraction of sp³-hybridized carbons (Fsp3) is 0.261. The van der Waals surface area contributed by atoms with Crippen LogP contribution < -0.4 is 14.4 Å². The predicted molar refractivity (Wildman–Crippen MR) is 105 cm³/mol. The van der Waals surface area contributed by atoms with E-state index in [9.17, 15) is 14.4 Å². The second-order valence-electron chi connectivity index (χ2n) is 7.63. The van der Waals surface area contributed by atoms with Crippen LogP contribution in [0.4, 0.5) is 5.69 Å². The predicted octanol–water partition coefficient (Wildman–Crippen LogP) is 3.23. The van der Waals surface area contributed by atoms with E-state index in [2.05, 4.69) is 12.2 Å². The Labute approximate surface area is 167 Å². The molecular formula is C23H19NO5. The second kappa shape index (κ2) is 6.58. The van der Waals surface area contributed by atoms with E-state index in [-0.39, 0.29) is 35.5 Å². The maximum Gasteiger partial charge on any atom is 0.343 e. The number of nitrogens with zero attached hydrogens (tertiary/aromatic N) is 1. The van der Waals surface area contributed by atoms with Gasteiger partial charge in [-0.2, -0.15) is 0 Å². The number of fused-ring (bicyclic) bond motifs is 5. The summed E-state index contributed by atoms with van der Waals surface area (Å²) in [7, 11) is 1.53. The molecule has 0 radical (unpaired) electrons. The van der Waals surface area contributed by atoms with Gasteiger partial charge in [0.1, 0.15) is 11.5 Å². The standard InChI is InChI=1S/C23H19NO5/c1-28-18-4-2-3-15(12-18)23(27)29-17-9-7-16(8-10-17)24-21(25)19-13-5-6-14(11-13)20(19)22(24)26/h2-10,12-14,19-20H,11H2,1H3/t13-,14-,19-,20-/m0/s1. The molecule has 4 atom stereocenters. The Morgan fingerprint density at radius 2 is 1.59 bits per heavy atom. The van der Waals surface area contributed by atoms with E-state index in [0.29, 0.717) is 22.7 Å². The van der Waals surface area contributed by atoms with Crippen molar-refractivity contribution in [1.29, 1.82) is 0 Å². The van der Waals surface area contributed by atoms with Gasteiger partial charge in [0.25, 0.3) is 0 Å². The summed E-state index contributed by atoms with van der Waals surface area (Å²) in [6, 6.07) is 13.2. The molecule has 1 saturated carbocycles. The van der Waals surface area contributed by atoms with E-state index in [0.717, 1.165) is 6.42 Å². The molecule has 2 amide bonds. The van der Waals surface area contributed by atoms with E-state index in [1.165, 1.54) is 12.0 Å². The molecule has 2 aliphatic carbocycles. The number of hydrogen-bond donors (Lipinski definition) is 0. The molecule has 3 aliphatic rings. The summed E-state index contributed by atoms with van der Waals surface area (Å²) in [6.07, 6.45) is 5.04. The summed E-state index contributed by atoms with van der Waals surface area (Å²) >= 11 is 0. The monoisotopic (exact) mass is 389 g/mol. The van der Waals surface area contributed by atoms with Crippen molar-refractivity contribution in [2.45, 2.75) is 6.42 Å². The highest BCUT2D eigenvalue weighted by Crippen LogP contribution is 2.53.